The van der Waals surface area contributed by atoms with Crippen LogP contribution in [0.25, 0.3) is 0 Å². The second kappa shape index (κ2) is 7.94. The Kier molecular flexibility index (Phi) is 5.95. The third-order valence-electron chi connectivity index (χ3n) is 4.11. The van der Waals surface area contributed by atoms with Gasteiger partial charge in [-0.15, -0.1) is 0 Å². The highest BCUT2D eigenvalue weighted by Gasteiger charge is 2.38. The SMILES string of the molecule is CCC[C@@H]1CN(C(=O)COCc2ccccc2)C[C@H]1C(=O)O. The van der Waals surface area contributed by atoms with Crippen LogP contribution in [0.1, 0.15) is 25.3 Å². The number of aliphatic carboxylic acids is 1. The number of rotatable bonds is 7. The van der Waals surface area contributed by atoms with Gasteiger partial charge < -0.3 is 14.7 Å². The lowest BCUT2D eigenvalue weighted by molar-refractivity contribution is -0.142. The number of carbonyl (C=O) groups excluding carboxylic acids is 1. The Hall–Kier alpha value is -1.88. The Morgan fingerprint density at radius 3 is 2.64 bits per heavy atom. The number of nitrogens with zero attached hydrogens (tertiary/aromatic N) is 1. The summed E-state index contributed by atoms with van der Waals surface area (Å²) in [7, 11) is 0. The highest BCUT2D eigenvalue weighted by molar-refractivity contribution is 5.80. The molecule has 1 N–H and O–H groups in total. The van der Waals surface area contributed by atoms with Crippen molar-refractivity contribution < 1.29 is 19.4 Å². The molecule has 0 aliphatic carbocycles. The molecule has 120 valence electrons. The highest BCUT2D eigenvalue weighted by atomic mass is 16.5. The van der Waals surface area contributed by atoms with E-state index >= 15 is 0 Å². The van der Waals surface area contributed by atoms with E-state index in [1.807, 2.05) is 37.3 Å². The van der Waals surface area contributed by atoms with Gasteiger partial charge in [0.05, 0.1) is 12.5 Å². The predicted octanol–water partition coefficient (Wildman–Crippen LogP) is 2.16. The monoisotopic (exact) mass is 305 g/mol. The Bertz CT molecular complexity index is 503. The largest absolute Gasteiger partial charge is 0.481 e. The number of benzene rings is 1. The highest BCUT2D eigenvalue weighted by Crippen LogP contribution is 2.27. The zero-order valence-corrected chi connectivity index (χ0v) is 12.9. The van der Waals surface area contributed by atoms with E-state index in [1.165, 1.54) is 0 Å². The lowest BCUT2D eigenvalue weighted by atomic mass is 9.92. The number of hydrogen-bond donors (Lipinski definition) is 1. The Morgan fingerprint density at radius 2 is 2.00 bits per heavy atom. The molecule has 0 aromatic heterocycles. The van der Waals surface area contributed by atoms with Crippen molar-refractivity contribution in [2.45, 2.75) is 26.4 Å². The molecule has 1 aromatic rings. The first kappa shape index (κ1) is 16.5. The first-order valence-electron chi connectivity index (χ1n) is 7.74. The fourth-order valence-corrected chi connectivity index (χ4v) is 2.94. The molecule has 0 radical (unpaired) electrons. The zero-order chi connectivity index (χ0) is 15.9. The summed E-state index contributed by atoms with van der Waals surface area (Å²) in [5.41, 5.74) is 1.02. The first-order chi connectivity index (χ1) is 10.6. The molecule has 0 saturated carbocycles. The van der Waals surface area contributed by atoms with Crippen molar-refractivity contribution in [2.24, 2.45) is 11.8 Å². The minimum absolute atomic E-state index is 0.0000777. The van der Waals surface area contributed by atoms with E-state index in [1.54, 1.807) is 4.90 Å². The molecule has 1 aliphatic rings. The molecule has 1 aliphatic heterocycles. The topological polar surface area (TPSA) is 66.8 Å². The molecule has 2 atom stereocenters. The Balaban J connectivity index is 1.81. The van der Waals surface area contributed by atoms with Gasteiger partial charge >= 0.3 is 5.97 Å². The third-order valence-corrected chi connectivity index (χ3v) is 4.11. The van der Waals surface area contributed by atoms with Gasteiger partial charge in [0.1, 0.15) is 6.61 Å². The van der Waals surface area contributed by atoms with Gasteiger partial charge in [0.2, 0.25) is 5.91 Å². The Labute approximate surface area is 130 Å². The summed E-state index contributed by atoms with van der Waals surface area (Å²) < 4.78 is 5.45. The van der Waals surface area contributed by atoms with E-state index in [9.17, 15) is 14.7 Å². The van der Waals surface area contributed by atoms with Gasteiger partial charge in [-0.25, -0.2) is 0 Å². The number of carboxylic acid groups (broad SMARTS) is 1. The fourth-order valence-electron chi connectivity index (χ4n) is 2.94. The number of amides is 1. The molecule has 5 nitrogen and oxygen atoms in total. The van der Waals surface area contributed by atoms with Crippen LogP contribution in [0.4, 0.5) is 0 Å². The van der Waals surface area contributed by atoms with Gasteiger partial charge in [0.25, 0.3) is 0 Å². The van der Waals surface area contributed by atoms with Gasteiger partial charge in [-0.3, -0.25) is 9.59 Å². The molecular weight excluding hydrogens is 282 g/mol. The van der Waals surface area contributed by atoms with E-state index in [0.29, 0.717) is 19.7 Å². The van der Waals surface area contributed by atoms with Crippen molar-refractivity contribution in [1.82, 2.24) is 4.90 Å². The maximum absolute atomic E-state index is 12.2. The van der Waals surface area contributed by atoms with Crippen molar-refractivity contribution in [3.8, 4) is 0 Å². The summed E-state index contributed by atoms with van der Waals surface area (Å²) in [6.45, 7) is 3.25. The summed E-state index contributed by atoms with van der Waals surface area (Å²) in [6.07, 6.45) is 1.77. The third kappa shape index (κ3) is 4.31. The standard InChI is InChI=1S/C17H23NO4/c1-2-6-14-9-18(10-15(14)17(20)21)16(19)12-22-11-13-7-4-3-5-8-13/h3-5,7-8,14-15H,2,6,9-12H2,1H3,(H,20,21)/t14-,15-/m1/s1. The van der Waals surface area contributed by atoms with Gasteiger partial charge in [-0.05, 0) is 17.9 Å². The molecule has 1 saturated heterocycles. The summed E-state index contributed by atoms with van der Waals surface area (Å²) >= 11 is 0. The molecule has 1 aromatic carbocycles. The second-order valence-electron chi connectivity index (χ2n) is 5.77. The molecule has 1 heterocycles. The average molecular weight is 305 g/mol. The molecular formula is C17H23NO4. The minimum atomic E-state index is -0.807. The smallest absolute Gasteiger partial charge is 0.308 e. The summed E-state index contributed by atoms with van der Waals surface area (Å²) in [5.74, 6) is -1.32. The van der Waals surface area contributed by atoms with Crippen LogP contribution in [0.3, 0.4) is 0 Å². The molecule has 1 fully saturated rings. The van der Waals surface area contributed by atoms with Crippen LogP contribution >= 0.6 is 0 Å². The number of carbonyl (C=O) groups is 2. The molecule has 0 bridgehead atoms. The van der Waals surface area contributed by atoms with Crippen molar-refractivity contribution in [3.63, 3.8) is 0 Å². The maximum Gasteiger partial charge on any atom is 0.308 e. The molecule has 0 spiro atoms. The van der Waals surface area contributed by atoms with Crippen LogP contribution in [0.5, 0.6) is 0 Å². The van der Waals surface area contributed by atoms with Crippen LogP contribution < -0.4 is 0 Å². The molecule has 1 amide bonds. The minimum Gasteiger partial charge on any atom is -0.481 e. The van der Waals surface area contributed by atoms with Crippen LogP contribution in [-0.4, -0.2) is 41.6 Å². The molecule has 0 unspecified atom stereocenters. The van der Waals surface area contributed by atoms with Crippen LogP contribution in [-0.2, 0) is 20.9 Å². The van der Waals surface area contributed by atoms with Gasteiger partial charge in [-0.2, -0.15) is 0 Å². The van der Waals surface area contributed by atoms with E-state index in [0.717, 1.165) is 18.4 Å². The number of ether oxygens (including phenoxy) is 1. The van der Waals surface area contributed by atoms with Crippen molar-refractivity contribution >= 4 is 11.9 Å². The van der Waals surface area contributed by atoms with Crippen LogP contribution in [0.15, 0.2) is 30.3 Å². The quantitative estimate of drug-likeness (QED) is 0.838. The van der Waals surface area contributed by atoms with Crippen LogP contribution in [0, 0.1) is 11.8 Å². The molecule has 22 heavy (non-hydrogen) atoms. The van der Waals surface area contributed by atoms with E-state index in [-0.39, 0.29) is 18.4 Å². The number of carboxylic acids is 1. The van der Waals surface area contributed by atoms with Crippen molar-refractivity contribution in [3.05, 3.63) is 35.9 Å². The summed E-state index contributed by atoms with van der Waals surface area (Å²) in [4.78, 5) is 25.1. The second-order valence-corrected chi connectivity index (χ2v) is 5.77. The van der Waals surface area contributed by atoms with Crippen molar-refractivity contribution in [1.29, 1.82) is 0 Å². The maximum atomic E-state index is 12.2. The van der Waals surface area contributed by atoms with Gasteiger partial charge in [-0.1, -0.05) is 43.7 Å². The normalized spacial score (nSPS) is 21.0. The number of hydrogen-bond acceptors (Lipinski definition) is 3. The van der Waals surface area contributed by atoms with Crippen LogP contribution in [0.2, 0.25) is 0 Å². The van der Waals surface area contributed by atoms with Gasteiger partial charge in [0.15, 0.2) is 0 Å². The lowest BCUT2D eigenvalue weighted by Crippen LogP contribution is -2.33. The van der Waals surface area contributed by atoms with E-state index < -0.39 is 11.9 Å². The predicted molar refractivity (Wildman–Crippen MR) is 82.2 cm³/mol. The fraction of sp³-hybridized carbons (Fsp3) is 0.529. The van der Waals surface area contributed by atoms with Gasteiger partial charge in [0, 0.05) is 13.1 Å². The van der Waals surface area contributed by atoms with E-state index in [2.05, 4.69) is 0 Å². The van der Waals surface area contributed by atoms with Crippen molar-refractivity contribution in [2.75, 3.05) is 19.7 Å². The lowest BCUT2D eigenvalue weighted by Gasteiger charge is -2.16. The molecule has 5 heteroatoms. The van der Waals surface area contributed by atoms with E-state index in [4.69, 9.17) is 4.74 Å². The Morgan fingerprint density at radius 1 is 1.27 bits per heavy atom. The first-order valence-corrected chi connectivity index (χ1v) is 7.74. The summed E-state index contributed by atoms with van der Waals surface area (Å²) in [5, 5.41) is 9.27. The number of likely N-dealkylation sites (tertiary alicyclic amines) is 1. The zero-order valence-electron chi connectivity index (χ0n) is 12.9. The summed E-state index contributed by atoms with van der Waals surface area (Å²) in [6, 6.07) is 9.66. The molecule has 2 rings (SSSR count). The average Bonchev–Trinajstić information content (AvgIpc) is 2.93.